The van der Waals surface area contributed by atoms with E-state index in [0.29, 0.717) is 5.75 Å². The molecular weight excluding hydrogens is 370 g/mol. The maximum absolute atomic E-state index is 11.0. The van der Waals surface area contributed by atoms with Crippen LogP contribution in [0.1, 0.15) is 69.5 Å². The zero-order valence-electron chi connectivity index (χ0n) is 19.8. The third kappa shape index (κ3) is 3.96. The normalized spacial score (nSPS) is 12.4. The third-order valence-corrected chi connectivity index (χ3v) is 5.65. The zero-order valence-corrected chi connectivity index (χ0v) is 19.8. The number of aryl methyl sites for hydroxylation is 3. The van der Waals surface area contributed by atoms with E-state index in [1.807, 2.05) is 32.0 Å². The number of anilines is 3. The Morgan fingerprint density at radius 2 is 1.37 bits per heavy atom. The van der Waals surface area contributed by atoms with Crippen molar-refractivity contribution in [2.45, 2.75) is 73.1 Å². The molecule has 30 heavy (non-hydrogen) atoms. The van der Waals surface area contributed by atoms with Crippen LogP contribution in [0, 0.1) is 20.8 Å². The van der Waals surface area contributed by atoms with Gasteiger partial charge in [0.15, 0.2) is 0 Å². The molecule has 4 heteroatoms. The van der Waals surface area contributed by atoms with Crippen LogP contribution in [0.4, 0.5) is 17.1 Å². The number of pyridine rings is 1. The lowest BCUT2D eigenvalue weighted by atomic mass is 9.79. The van der Waals surface area contributed by atoms with Crippen molar-refractivity contribution >= 4 is 28.0 Å². The van der Waals surface area contributed by atoms with Gasteiger partial charge in [0.1, 0.15) is 5.75 Å². The molecule has 0 saturated heterocycles. The Morgan fingerprint density at radius 1 is 0.833 bits per heavy atom. The van der Waals surface area contributed by atoms with Crippen molar-refractivity contribution in [1.29, 1.82) is 0 Å². The van der Waals surface area contributed by atoms with Crippen molar-refractivity contribution in [3.8, 4) is 5.75 Å². The molecule has 0 saturated carbocycles. The van der Waals surface area contributed by atoms with Crippen LogP contribution in [0.2, 0.25) is 0 Å². The molecule has 3 aromatic rings. The number of aromatic nitrogens is 1. The molecule has 0 radical (unpaired) electrons. The average molecular weight is 406 g/mol. The van der Waals surface area contributed by atoms with E-state index in [2.05, 4.69) is 59.8 Å². The fourth-order valence-electron chi connectivity index (χ4n) is 4.00. The van der Waals surface area contributed by atoms with Crippen LogP contribution in [0.3, 0.4) is 0 Å². The molecule has 0 aliphatic heterocycles. The van der Waals surface area contributed by atoms with Gasteiger partial charge in [-0.2, -0.15) is 0 Å². The first-order valence-corrected chi connectivity index (χ1v) is 10.5. The quantitative estimate of drug-likeness (QED) is 0.324. The number of hydrogen-bond donors (Lipinski definition) is 3. The summed E-state index contributed by atoms with van der Waals surface area (Å²) in [6.07, 6.45) is 0. The number of aromatic hydroxyl groups is 1. The highest BCUT2D eigenvalue weighted by Crippen LogP contribution is 2.42. The number of nitrogens with zero attached hydrogens (tertiary/aromatic N) is 1. The molecule has 1 aromatic heterocycles. The van der Waals surface area contributed by atoms with Crippen molar-refractivity contribution in [2.75, 3.05) is 11.1 Å². The number of benzene rings is 2. The number of nitrogen functional groups attached to an aromatic ring is 1. The number of fused-ring (bicyclic) bond motifs is 1. The van der Waals surface area contributed by atoms with Crippen molar-refractivity contribution in [2.24, 2.45) is 0 Å². The first-order chi connectivity index (χ1) is 13.7. The molecule has 3 rings (SSSR count). The summed E-state index contributed by atoms with van der Waals surface area (Å²) in [7, 11) is 0. The Kier molecular flexibility index (Phi) is 5.26. The molecule has 0 atom stereocenters. The summed E-state index contributed by atoms with van der Waals surface area (Å²) < 4.78 is 0. The lowest BCUT2D eigenvalue weighted by molar-refractivity contribution is 0.423. The van der Waals surface area contributed by atoms with Crippen LogP contribution in [-0.2, 0) is 10.8 Å². The highest BCUT2D eigenvalue weighted by molar-refractivity contribution is 6.04. The zero-order chi connectivity index (χ0) is 22.6. The second kappa shape index (κ2) is 7.19. The van der Waals surface area contributed by atoms with Crippen LogP contribution in [-0.4, -0.2) is 10.1 Å². The molecule has 4 N–H and O–H groups in total. The predicted octanol–water partition coefficient (Wildman–Crippen LogP) is 6.79. The van der Waals surface area contributed by atoms with Crippen molar-refractivity contribution < 1.29 is 5.11 Å². The van der Waals surface area contributed by atoms with Gasteiger partial charge < -0.3 is 16.2 Å². The Balaban J connectivity index is 2.28. The lowest BCUT2D eigenvalue weighted by Crippen LogP contribution is -2.17. The van der Waals surface area contributed by atoms with E-state index in [-0.39, 0.29) is 10.8 Å². The van der Waals surface area contributed by atoms with E-state index in [1.165, 1.54) is 0 Å². The first-order valence-electron chi connectivity index (χ1n) is 10.5. The van der Waals surface area contributed by atoms with Gasteiger partial charge in [-0.15, -0.1) is 0 Å². The van der Waals surface area contributed by atoms with E-state index in [9.17, 15) is 5.11 Å². The summed E-state index contributed by atoms with van der Waals surface area (Å²) in [6, 6.07) is 8.22. The summed E-state index contributed by atoms with van der Waals surface area (Å²) in [5.74, 6) is 0.377. The SMILES string of the molecule is Cc1cc(Nc2cc(C(C)(C)C)c(O)c(C(C)(C)C)c2)c2c(N)c(C)cc(C)c2n1. The molecule has 0 aliphatic rings. The van der Waals surface area contributed by atoms with Crippen LogP contribution in [0.25, 0.3) is 10.9 Å². The number of phenolic OH excluding ortho intramolecular Hbond substituents is 1. The smallest absolute Gasteiger partial charge is 0.123 e. The van der Waals surface area contributed by atoms with Gasteiger partial charge >= 0.3 is 0 Å². The molecule has 0 aliphatic carbocycles. The van der Waals surface area contributed by atoms with Crippen LogP contribution in [0.15, 0.2) is 24.3 Å². The topological polar surface area (TPSA) is 71.2 Å². The minimum absolute atomic E-state index is 0.190. The number of hydrogen-bond acceptors (Lipinski definition) is 4. The van der Waals surface area contributed by atoms with E-state index >= 15 is 0 Å². The van der Waals surface area contributed by atoms with Crippen molar-refractivity contribution in [1.82, 2.24) is 4.98 Å². The summed E-state index contributed by atoms with van der Waals surface area (Å²) >= 11 is 0. The van der Waals surface area contributed by atoms with Crippen LogP contribution in [0.5, 0.6) is 5.75 Å². The standard InChI is InChI=1S/C26H35N3O/c1-14-10-15(2)23-21(22(14)27)20(11-16(3)28-23)29-17-12-18(25(4,5)6)24(30)19(13-17)26(7,8)9/h10-13,30H,27H2,1-9H3,(H,28,29). The van der Waals surface area contributed by atoms with Gasteiger partial charge in [0, 0.05) is 33.6 Å². The number of rotatable bonds is 2. The van der Waals surface area contributed by atoms with Gasteiger partial charge in [0.05, 0.1) is 11.2 Å². The van der Waals surface area contributed by atoms with Gasteiger partial charge in [-0.25, -0.2) is 0 Å². The van der Waals surface area contributed by atoms with E-state index in [1.54, 1.807) is 0 Å². The highest BCUT2D eigenvalue weighted by atomic mass is 16.3. The van der Waals surface area contributed by atoms with Gasteiger partial charge in [-0.1, -0.05) is 47.6 Å². The summed E-state index contributed by atoms with van der Waals surface area (Å²) in [4.78, 5) is 4.75. The number of nitrogens with two attached hydrogens (primary N) is 1. The monoisotopic (exact) mass is 405 g/mol. The maximum atomic E-state index is 11.0. The van der Waals surface area contributed by atoms with Gasteiger partial charge in [-0.05, 0) is 60.9 Å². The molecule has 0 fully saturated rings. The lowest BCUT2D eigenvalue weighted by Gasteiger charge is -2.28. The fraction of sp³-hybridized carbons (Fsp3) is 0.423. The van der Waals surface area contributed by atoms with Gasteiger partial charge in [-0.3, -0.25) is 4.98 Å². The summed E-state index contributed by atoms with van der Waals surface area (Å²) in [6.45, 7) is 18.8. The maximum Gasteiger partial charge on any atom is 0.123 e. The Labute approximate surface area is 180 Å². The second-order valence-electron chi connectivity index (χ2n) is 10.5. The molecule has 2 aromatic carbocycles. The van der Waals surface area contributed by atoms with Crippen LogP contribution >= 0.6 is 0 Å². The second-order valence-corrected chi connectivity index (χ2v) is 10.5. The summed E-state index contributed by atoms with van der Waals surface area (Å²) in [5.41, 5.74) is 14.6. The molecular formula is C26H35N3O. The molecule has 0 bridgehead atoms. The minimum atomic E-state index is -0.190. The van der Waals surface area contributed by atoms with Crippen molar-refractivity contribution in [3.63, 3.8) is 0 Å². The van der Waals surface area contributed by atoms with Crippen LogP contribution < -0.4 is 11.1 Å². The van der Waals surface area contributed by atoms with Crippen molar-refractivity contribution in [3.05, 3.63) is 52.2 Å². The Morgan fingerprint density at radius 3 is 1.87 bits per heavy atom. The molecule has 4 nitrogen and oxygen atoms in total. The largest absolute Gasteiger partial charge is 0.507 e. The third-order valence-electron chi connectivity index (χ3n) is 5.65. The number of phenols is 1. The molecule has 0 amide bonds. The van der Waals surface area contributed by atoms with E-state index in [4.69, 9.17) is 10.7 Å². The average Bonchev–Trinajstić information content (AvgIpc) is 2.58. The predicted molar refractivity (Wildman–Crippen MR) is 129 cm³/mol. The van der Waals surface area contributed by atoms with E-state index < -0.39 is 0 Å². The minimum Gasteiger partial charge on any atom is -0.507 e. The fourth-order valence-corrected chi connectivity index (χ4v) is 4.00. The summed E-state index contributed by atoms with van der Waals surface area (Å²) in [5, 5.41) is 15.6. The molecule has 160 valence electrons. The van der Waals surface area contributed by atoms with Gasteiger partial charge in [0.2, 0.25) is 0 Å². The van der Waals surface area contributed by atoms with E-state index in [0.717, 1.165) is 55.9 Å². The Hall–Kier alpha value is -2.75. The molecule has 0 spiro atoms. The van der Waals surface area contributed by atoms with Gasteiger partial charge in [0.25, 0.3) is 0 Å². The number of nitrogens with one attached hydrogen (secondary N) is 1. The first kappa shape index (κ1) is 21.9. The molecule has 1 heterocycles. The molecule has 0 unspecified atom stereocenters. The highest BCUT2D eigenvalue weighted by Gasteiger charge is 2.27. The Bertz CT molecular complexity index is 1100.